The first-order valence-corrected chi connectivity index (χ1v) is 6.92. The van der Waals surface area contributed by atoms with Crippen LogP contribution in [0.4, 0.5) is 5.69 Å². The number of aryl methyl sites for hydroxylation is 3. The Bertz CT molecular complexity index is 730. The van der Waals surface area contributed by atoms with Crippen LogP contribution in [0.3, 0.4) is 0 Å². The highest BCUT2D eigenvalue weighted by Gasteiger charge is 2.09. The Hall–Kier alpha value is -2.36. The molecule has 4 nitrogen and oxygen atoms in total. The molecule has 20 heavy (non-hydrogen) atoms. The largest absolute Gasteiger partial charge is 0.398 e. The highest BCUT2D eigenvalue weighted by Crippen LogP contribution is 2.20. The van der Waals surface area contributed by atoms with Crippen LogP contribution in [-0.4, -0.2) is 14.8 Å². The number of hydrogen-bond donors (Lipinski definition) is 1. The highest BCUT2D eigenvalue weighted by atomic mass is 15.3. The predicted octanol–water partition coefficient (Wildman–Crippen LogP) is 2.82. The topological polar surface area (TPSA) is 56.7 Å². The Kier molecular flexibility index (Phi) is 3.37. The van der Waals surface area contributed by atoms with Crippen LogP contribution >= 0.6 is 0 Å². The van der Waals surface area contributed by atoms with E-state index in [1.165, 1.54) is 10.9 Å². The van der Waals surface area contributed by atoms with Crippen molar-refractivity contribution < 1.29 is 0 Å². The van der Waals surface area contributed by atoms with E-state index in [9.17, 15) is 0 Å². The van der Waals surface area contributed by atoms with Gasteiger partial charge in [0.05, 0.1) is 11.2 Å². The van der Waals surface area contributed by atoms with Gasteiger partial charge in [0, 0.05) is 30.0 Å². The first-order chi connectivity index (χ1) is 9.79. The molecule has 0 unspecified atom stereocenters. The number of hydrogen-bond acceptors (Lipinski definition) is 3. The molecule has 0 atom stereocenters. The van der Waals surface area contributed by atoms with Crippen molar-refractivity contribution in [3.63, 3.8) is 0 Å². The zero-order chi connectivity index (χ0) is 13.9. The molecule has 0 radical (unpaired) electrons. The van der Waals surface area contributed by atoms with Gasteiger partial charge in [-0.25, -0.2) is 0 Å². The van der Waals surface area contributed by atoms with Crippen molar-refractivity contribution >= 4 is 16.6 Å². The minimum Gasteiger partial charge on any atom is -0.398 e. The van der Waals surface area contributed by atoms with E-state index in [0.29, 0.717) is 0 Å². The van der Waals surface area contributed by atoms with Gasteiger partial charge in [0.25, 0.3) is 0 Å². The average Bonchev–Trinajstić information content (AvgIpc) is 2.85. The molecule has 102 valence electrons. The Morgan fingerprint density at radius 3 is 2.80 bits per heavy atom. The van der Waals surface area contributed by atoms with Gasteiger partial charge >= 0.3 is 0 Å². The van der Waals surface area contributed by atoms with Gasteiger partial charge in [0.2, 0.25) is 0 Å². The number of nitrogen functional groups attached to an aromatic ring is 1. The average molecular weight is 266 g/mol. The molecule has 0 fully saturated rings. The van der Waals surface area contributed by atoms with Crippen LogP contribution in [0.25, 0.3) is 10.9 Å². The second-order valence-electron chi connectivity index (χ2n) is 4.85. The molecule has 1 aromatic carbocycles. The molecular weight excluding hydrogens is 248 g/mol. The van der Waals surface area contributed by atoms with Gasteiger partial charge in [0.15, 0.2) is 0 Å². The number of rotatable bonds is 4. The van der Waals surface area contributed by atoms with E-state index in [1.807, 2.05) is 12.3 Å². The van der Waals surface area contributed by atoms with Crippen LogP contribution < -0.4 is 5.73 Å². The Morgan fingerprint density at radius 2 is 2.00 bits per heavy atom. The second kappa shape index (κ2) is 5.33. The predicted molar refractivity (Wildman–Crippen MR) is 81.5 cm³/mol. The van der Waals surface area contributed by atoms with E-state index >= 15 is 0 Å². The minimum atomic E-state index is 0.805. The number of para-hydroxylation sites is 1. The van der Waals surface area contributed by atoms with Gasteiger partial charge in [-0.05, 0) is 37.5 Å². The van der Waals surface area contributed by atoms with Crippen LogP contribution in [0.15, 0.2) is 42.7 Å². The summed E-state index contributed by atoms with van der Waals surface area (Å²) in [6.45, 7) is 3.00. The van der Waals surface area contributed by atoms with Crippen LogP contribution in [0.5, 0.6) is 0 Å². The zero-order valence-electron chi connectivity index (χ0n) is 11.6. The van der Waals surface area contributed by atoms with Gasteiger partial charge in [-0.15, -0.1) is 0 Å². The van der Waals surface area contributed by atoms with E-state index in [0.717, 1.165) is 36.3 Å². The molecule has 0 aliphatic heterocycles. The fourth-order valence-electron chi connectivity index (χ4n) is 2.52. The standard InChI is InChI=1S/C16H18N4/c1-2-20-16-6-4-3-5-13(16)15(19-20)8-7-12-11-18-10-9-14(12)17/h3-6,9-11H,2,7-8H2,1H3,(H2,17,18). The number of fused-ring (bicyclic) bond motifs is 1. The summed E-state index contributed by atoms with van der Waals surface area (Å²) in [5, 5.41) is 5.94. The smallest absolute Gasteiger partial charge is 0.0706 e. The summed E-state index contributed by atoms with van der Waals surface area (Å²) in [7, 11) is 0. The molecule has 2 aromatic heterocycles. The molecule has 0 aliphatic rings. The summed E-state index contributed by atoms with van der Waals surface area (Å²) >= 11 is 0. The fraction of sp³-hybridized carbons (Fsp3) is 0.250. The third-order valence-corrected chi connectivity index (χ3v) is 3.61. The molecule has 3 aromatic rings. The number of pyridine rings is 1. The molecule has 0 saturated carbocycles. The van der Waals surface area contributed by atoms with E-state index in [-0.39, 0.29) is 0 Å². The SMILES string of the molecule is CCn1nc(CCc2cnccc2N)c2ccccc21. The normalized spacial score (nSPS) is 11.1. The molecule has 3 rings (SSSR count). The summed E-state index contributed by atoms with van der Waals surface area (Å²) in [5.74, 6) is 0. The van der Waals surface area contributed by atoms with Gasteiger partial charge < -0.3 is 5.73 Å². The second-order valence-corrected chi connectivity index (χ2v) is 4.85. The first-order valence-electron chi connectivity index (χ1n) is 6.92. The lowest BCUT2D eigenvalue weighted by Gasteiger charge is -2.03. The van der Waals surface area contributed by atoms with Crippen LogP contribution in [-0.2, 0) is 19.4 Å². The van der Waals surface area contributed by atoms with E-state index in [1.54, 1.807) is 6.20 Å². The fourth-order valence-corrected chi connectivity index (χ4v) is 2.52. The summed E-state index contributed by atoms with van der Waals surface area (Å²) in [6, 6.07) is 10.2. The molecule has 0 saturated heterocycles. The quantitative estimate of drug-likeness (QED) is 0.790. The van der Waals surface area contributed by atoms with E-state index in [2.05, 4.69) is 40.9 Å². The minimum absolute atomic E-state index is 0.805. The number of benzene rings is 1. The Labute approximate surface area is 118 Å². The molecule has 0 spiro atoms. The lowest BCUT2D eigenvalue weighted by Crippen LogP contribution is -2.00. The van der Waals surface area contributed by atoms with Crippen molar-refractivity contribution in [2.75, 3.05) is 5.73 Å². The van der Waals surface area contributed by atoms with Crippen molar-refractivity contribution in [2.45, 2.75) is 26.3 Å². The van der Waals surface area contributed by atoms with Gasteiger partial charge in [0.1, 0.15) is 0 Å². The molecule has 4 heteroatoms. The van der Waals surface area contributed by atoms with E-state index in [4.69, 9.17) is 10.8 Å². The first kappa shape index (κ1) is 12.7. The van der Waals surface area contributed by atoms with Gasteiger partial charge in [-0.3, -0.25) is 9.67 Å². The summed E-state index contributed by atoms with van der Waals surface area (Å²) < 4.78 is 2.05. The van der Waals surface area contributed by atoms with Crippen molar-refractivity contribution in [1.29, 1.82) is 0 Å². The van der Waals surface area contributed by atoms with Crippen molar-refractivity contribution in [1.82, 2.24) is 14.8 Å². The maximum absolute atomic E-state index is 5.96. The molecule has 0 bridgehead atoms. The molecule has 0 aliphatic carbocycles. The zero-order valence-corrected chi connectivity index (χ0v) is 11.6. The maximum atomic E-state index is 5.96. The summed E-state index contributed by atoms with van der Waals surface area (Å²) in [6.07, 6.45) is 5.31. The number of nitrogens with two attached hydrogens (primary N) is 1. The van der Waals surface area contributed by atoms with Crippen molar-refractivity contribution in [2.24, 2.45) is 0 Å². The van der Waals surface area contributed by atoms with Crippen LogP contribution in [0.1, 0.15) is 18.2 Å². The lowest BCUT2D eigenvalue weighted by molar-refractivity contribution is 0.666. The molecular formula is C16H18N4. The van der Waals surface area contributed by atoms with Gasteiger partial charge in [-0.1, -0.05) is 18.2 Å². The van der Waals surface area contributed by atoms with Crippen LogP contribution in [0, 0.1) is 0 Å². The van der Waals surface area contributed by atoms with Crippen LogP contribution in [0.2, 0.25) is 0 Å². The van der Waals surface area contributed by atoms with Gasteiger partial charge in [-0.2, -0.15) is 5.10 Å². The molecule has 2 heterocycles. The Morgan fingerprint density at radius 1 is 1.15 bits per heavy atom. The van der Waals surface area contributed by atoms with Crippen molar-refractivity contribution in [3.05, 3.63) is 54.0 Å². The van der Waals surface area contributed by atoms with E-state index < -0.39 is 0 Å². The third-order valence-electron chi connectivity index (χ3n) is 3.61. The Balaban J connectivity index is 1.90. The number of nitrogens with zero attached hydrogens (tertiary/aromatic N) is 3. The third kappa shape index (κ3) is 2.25. The number of aromatic nitrogens is 3. The van der Waals surface area contributed by atoms with Crippen molar-refractivity contribution in [3.8, 4) is 0 Å². The summed E-state index contributed by atoms with van der Waals surface area (Å²) in [5.41, 5.74) is 10.2. The summed E-state index contributed by atoms with van der Waals surface area (Å²) in [4.78, 5) is 4.14. The monoisotopic (exact) mass is 266 g/mol. The lowest BCUT2D eigenvalue weighted by atomic mass is 10.1. The maximum Gasteiger partial charge on any atom is 0.0706 e. The molecule has 2 N–H and O–H groups in total. The number of anilines is 1. The molecule has 0 amide bonds. The highest BCUT2D eigenvalue weighted by molar-refractivity contribution is 5.82.